The van der Waals surface area contributed by atoms with Gasteiger partial charge in [0.15, 0.2) is 0 Å². The summed E-state index contributed by atoms with van der Waals surface area (Å²) in [5.41, 5.74) is 0. The lowest BCUT2D eigenvalue weighted by Gasteiger charge is -2.23. The zero-order valence-electron chi connectivity index (χ0n) is 17.0. The van der Waals surface area contributed by atoms with E-state index in [9.17, 15) is 0 Å². The number of rotatable bonds is 9. The molecule has 0 bridgehead atoms. The second kappa shape index (κ2) is 11.5. The summed E-state index contributed by atoms with van der Waals surface area (Å²) in [6.07, 6.45) is 2.50. The molecule has 4 rings (SSSR count). The predicted molar refractivity (Wildman–Crippen MR) is 141 cm³/mol. The highest BCUT2D eigenvalue weighted by Gasteiger charge is 2.17. The van der Waals surface area contributed by atoms with Crippen molar-refractivity contribution in [3.8, 4) is 0 Å². The van der Waals surface area contributed by atoms with Crippen LogP contribution in [0.2, 0.25) is 0 Å². The maximum absolute atomic E-state index is 2.31. The predicted octanol–water partition coefficient (Wildman–Crippen LogP) is 5.84. The Morgan fingerprint density at radius 3 is 1.27 bits per heavy atom. The molecular weight excluding hydrogens is 417 g/mol. The fourth-order valence-electron chi connectivity index (χ4n) is 3.53. The van der Waals surface area contributed by atoms with Gasteiger partial charge in [-0.05, 0) is 41.7 Å². The Hall–Kier alpha value is -1.83. The molecule has 0 aliphatic carbocycles. The van der Waals surface area contributed by atoms with E-state index < -0.39 is 0 Å². The summed E-state index contributed by atoms with van der Waals surface area (Å²) in [4.78, 5) is 0. The first kappa shape index (κ1) is 21.4. The van der Waals surface area contributed by atoms with Crippen LogP contribution in [-0.4, -0.2) is 11.6 Å². The SMILES string of the molecule is c1ccc(PC(CCP(c2ccccc2)c2ccccc2)Pc2ccccc2)cc1. The quantitative estimate of drug-likeness (QED) is 0.285. The molecule has 0 aliphatic rings. The van der Waals surface area contributed by atoms with Gasteiger partial charge in [0.2, 0.25) is 0 Å². The van der Waals surface area contributed by atoms with Gasteiger partial charge >= 0.3 is 0 Å². The van der Waals surface area contributed by atoms with Crippen LogP contribution in [0.5, 0.6) is 0 Å². The van der Waals surface area contributed by atoms with Crippen molar-refractivity contribution in [2.75, 3.05) is 6.16 Å². The van der Waals surface area contributed by atoms with E-state index in [-0.39, 0.29) is 7.92 Å². The van der Waals surface area contributed by atoms with Crippen molar-refractivity contribution in [2.45, 2.75) is 11.8 Å². The molecule has 150 valence electrons. The van der Waals surface area contributed by atoms with E-state index in [1.54, 1.807) is 0 Å². The molecule has 0 nitrogen and oxygen atoms in total. The Bertz CT molecular complexity index is 908. The van der Waals surface area contributed by atoms with E-state index in [2.05, 4.69) is 121 Å². The van der Waals surface area contributed by atoms with Crippen LogP contribution < -0.4 is 21.2 Å². The molecule has 3 heteroatoms. The van der Waals surface area contributed by atoms with E-state index >= 15 is 0 Å². The smallest absolute Gasteiger partial charge is 0.00234 e. The maximum atomic E-state index is 2.31. The van der Waals surface area contributed by atoms with E-state index in [0.717, 1.165) is 17.2 Å². The standard InChI is InChI=1S/C27H27P3/c1-5-13-23(14-6-1)28-27(29-24-15-7-2-8-16-24)21-22-30(25-17-9-3-10-18-25)26-19-11-4-12-20-26/h1-20,27-29H,21-22H2. The molecule has 2 unspecified atom stereocenters. The summed E-state index contributed by atoms with van der Waals surface area (Å²) in [5.74, 6) is 0. The average Bonchev–Trinajstić information content (AvgIpc) is 2.82. The van der Waals surface area contributed by atoms with Crippen LogP contribution in [0.1, 0.15) is 6.42 Å². The summed E-state index contributed by atoms with van der Waals surface area (Å²) >= 11 is 0. The molecule has 4 aromatic rings. The van der Waals surface area contributed by atoms with Gasteiger partial charge in [0.25, 0.3) is 0 Å². The van der Waals surface area contributed by atoms with Crippen molar-refractivity contribution in [3.05, 3.63) is 121 Å². The van der Waals surface area contributed by atoms with Crippen molar-refractivity contribution in [1.82, 2.24) is 0 Å². The summed E-state index contributed by atoms with van der Waals surface area (Å²) in [6, 6.07) is 44.3. The average molecular weight is 444 g/mol. The number of hydrogen-bond donors (Lipinski definition) is 0. The Morgan fingerprint density at radius 1 is 0.500 bits per heavy atom. The minimum absolute atomic E-state index is 0.324. The maximum Gasteiger partial charge on any atom is 0.00234 e. The van der Waals surface area contributed by atoms with Crippen molar-refractivity contribution in [1.29, 1.82) is 0 Å². The first-order valence-corrected chi connectivity index (χ1v) is 14.1. The normalized spacial score (nSPS) is 12.8. The molecule has 0 N–H and O–H groups in total. The van der Waals surface area contributed by atoms with Gasteiger partial charge in [-0.25, -0.2) is 0 Å². The second-order valence-corrected chi connectivity index (χ2v) is 13.2. The fraction of sp³-hybridized carbons (Fsp3) is 0.111. The Labute approximate surface area is 185 Å². The van der Waals surface area contributed by atoms with E-state index in [1.807, 2.05) is 0 Å². The van der Waals surface area contributed by atoms with Crippen molar-refractivity contribution in [3.63, 3.8) is 0 Å². The number of benzene rings is 4. The Kier molecular flexibility index (Phi) is 8.23. The van der Waals surface area contributed by atoms with Crippen molar-refractivity contribution < 1.29 is 0 Å². The third-order valence-corrected chi connectivity index (χ3v) is 11.0. The second-order valence-electron chi connectivity index (χ2n) is 7.18. The van der Waals surface area contributed by atoms with E-state index in [4.69, 9.17) is 0 Å². The van der Waals surface area contributed by atoms with Crippen LogP contribution >= 0.6 is 25.1 Å². The Morgan fingerprint density at radius 2 is 0.867 bits per heavy atom. The zero-order chi connectivity index (χ0) is 20.4. The molecule has 4 aromatic carbocycles. The first-order chi connectivity index (χ1) is 14.9. The van der Waals surface area contributed by atoms with Crippen LogP contribution in [0.15, 0.2) is 121 Å². The lowest BCUT2D eigenvalue weighted by Crippen LogP contribution is -2.16. The van der Waals surface area contributed by atoms with E-state index in [0.29, 0.717) is 5.40 Å². The van der Waals surface area contributed by atoms with Gasteiger partial charge in [-0.3, -0.25) is 0 Å². The van der Waals surface area contributed by atoms with Gasteiger partial charge in [0, 0.05) is 5.40 Å². The van der Waals surface area contributed by atoms with Crippen molar-refractivity contribution >= 4 is 46.3 Å². The lowest BCUT2D eigenvalue weighted by molar-refractivity contribution is 1.06. The van der Waals surface area contributed by atoms with Crippen LogP contribution in [-0.2, 0) is 0 Å². The fourth-order valence-corrected chi connectivity index (χ4v) is 9.85. The largest absolute Gasteiger partial charge is 0.0827 e. The third kappa shape index (κ3) is 6.33. The molecule has 0 heterocycles. The summed E-state index contributed by atoms with van der Waals surface area (Å²) < 4.78 is 0. The third-order valence-electron chi connectivity index (χ3n) is 5.01. The summed E-state index contributed by atoms with van der Waals surface area (Å²) in [6.45, 7) is 0. The molecule has 0 amide bonds. The molecule has 0 saturated carbocycles. The monoisotopic (exact) mass is 444 g/mol. The van der Waals surface area contributed by atoms with Gasteiger partial charge in [0.05, 0.1) is 0 Å². The molecular formula is C27H27P3. The zero-order valence-corrected chi connectivity index (χ0v) is 19.9. The van der Waals surface area contributed by atoms with Gasteiger partial charge < -0.3 is 0 Å². The highest BCUT2D eigenvalue weighted by Crippen LogP contribution is 2.41. The molecule has 0 radical (unpaired) electrons. The van der Waals surface area contributed by atoms with Crippen molar-refractivity contribution in [2.24, 2.45) is 0 Å². The molecule has 0 aliphatic heterocycles. The molecule has 2 atom stereocenters. The highest BCUT2D eigenvalue weighted by atomic mass is 31.1. The minimum atomic E-state index is -0.324. The molecule has 30 heavy (non-hydrogen) atoms. The van der Waals surface area contributed by atoms with Crippen LogP contribution in [0.25, 0.3) is 0 Å². The summed E-state index contributed by atoms with van der Waals surface area (Å²) in [5, 5.41) is 6.64. The van der Waals surface area contributed by atoms with E-state index in [1.165, 1.54) is 33.8 Å². The van der Waals surface area contributed by atoms with Gasteiger partial charge in [0.1, 0.15) is 0 Å². The lowest BCUT2D eigenvalue weighted by atomic mass is 10.4. The summed E-state index contributed by atoms with van der Waals surface area (Å²) in [7, 11) is 1.39. The molecule has 0 fully saturated rings. The first-order valence-electron chi connectivity index (χ1n) is 10.4. The highest BCUT2D eigenvalue weighted by molar-refractivity contribution is 7.73. The molecule has 0 spiro atoms. The molecule has 0 saturated heterocycles. The topological polar surface area (TPSA) is 0 Å². The van der Waals surface area contributed by atoms with Gasteiger partial charge in [-0.2, -0.15) is 0 Å². The molecule has 0 aromatic heterocycles. The van der Waals surface area contributed by atoms with Crippen LogP contribution in [0.3, 0.4) is 0 Å². The van der Waals surface area contributed by atoms with Crippen LogP contribution in [0.4, 0.5) is 0 Å². The van der Waals surface area contributed by atoms with Crippen LogP contribution in [0, 0.1) is 0 Å². The van der Waals surface area contributed by atoms with Gasteiger partial charge in [-0.15, -0.1) is 0 Å². The minimum Gasteiger partial charge on any atom is -0.0827 e. The Balaban J connectivity index is 1.54. The number of hydrogen-bond acceptors (Lipinski definition) is 0. The van der Waals surface area contributed by atoms with Gasteiger partial charge in [-0.1, -0.05) is 138 Å².